The third-order valence-corrected chi connectivity index (χ3v) is 3.68. The highest BCUT2D eigenvalue weighted by molar-refractivity contribution is 7.80. The van der Waals surface area contributed by atoms with Gasteiger partial charge in [-0.2, -0.15) is 0 Å². The number of carbonyl (C=O) groups is 2. The van der Waals surface area contributed by atoms with Gasteiger partial charge >= 0.3 is 0 Å². The molecule has 2 amide bonds. The number of hydrogen-bond acceptors (Lipinski definition) is 6. The first-order valence-electron chi connectivity index (χ1n) is 7.76. The van der Waals surface area contributed by atoms with Crippen molar-refractivity contribution in [3.8, 4) is 17.2 Å². The van der Waals surface area contributed by atoms with Crippen molar-refractivity contribution in [2.24, 2.45) is 0 Å². The van der Waals surface area contributed by atoms with Crippen LogP contribution in [0.4, 0.5) is 0 Å². The van der Waals surface area contributed by atoms with E-state index in [1.54, 1.807) is 30.3 Å². The molecule has 3 N–H and O–H groups in total. The first kappa shape index (κ1) is 20.0. The summed E-state index contributed by atoms with van der Waals surface area (Å²) in [5.41, 5.74) is 5.57. The number of hydrogen-bond donors (Lipinski definition) is 3. The van der Waals surface area contributed by atoms with E-state index in [1.807, 2.05) is 0 Å². The molecule has 27 heavy (non-hydrogen) atoms. The molecule has 8 nitrogen and oxygen atoms in total. The molecule has 9 heteroatoms. The van der Waals surface area contributed by atoms with Gasteiger partial charge in [0.2, 0.25) is 5.75 Å². The summed E-state index contributed by atoms with van der Waals surface area (Å²) in [5, 5.41) is 2.39. The number of rotatable bonds is 5. The van der Waals surface area contributed by atoms with E-state index in [-0.39, 0.29) is 16.6 Å². The number of carbonyl (C=O) groups excluding carboxylic acids is 2. The van der Waals surface area contributed by atoms with E-state index in [2.05, 4.69) is 16.2 Å². The number of benzene rings is 2. The lowest BCUT2D eigenvalue weighted by atomic mass is 10.1. The molecule has 0 bridgehead atoms. The summed E-state index contributed by atoms with van der Waals surface area (Å²) in [6.07, 6.45) is 0. The van der Waals surface area contributed by atoms with Gasteiger partial charge in [-0.15, -0.1) is 0 Å². The van der Waals surface area contributed by atoms with Gasteiger partial charge in [0.15, 0.2) is 16.6 Å². The molecule has 0 aliphatic heterocycles. The molecule has 142 valence electrons. The van der Waals surface area contributed by atoms with Crippen LogP contribution in [0.5, 0.6) is 17.2 Å². The summed E-state index contributed by atoms with van der Waals surface area (Å²) >= 11 is 5.02. The summed E-state index contributed by atoms with van der Waals surface area (Å²) in [6, 6.07) is 11.5. The van der Waals surface area contributed by atoms with E-state index in [1.165, 1.54) is 33.5 Å². The Bertz CT molecular complexity index is 817. The molecule has 0 radical (unpaired) electrons. The molecule has 2 aromatic rings. The van der Waals surface area contributed by atoms with Gasteiger partial charge in [-0.25, -0.2) is 0 Å². The number of thiocarbonyl (C=S) groups is 1. The maximum atomic E-state index is 12.4. The third kappa shape index (κ3) is 5.08. The molecule has 0 aliphatic carbocycles. The monoisotopic (exact) mass is 389 g/mol. The first-order chi connectivity index (χ1) is 13.0. The lowest BCUT2D eigenvalue weighted by Crippen LogP contribution is -2.48. The maximum absolute atomic E-state index is 12.4. The maximum Gasteiger partial charge on any atom is 0.269 e. The Morgan fingerprint density at radius 3 is 1.93 bits per heavy atom. The van der Waals surface area contributed by atoms with E-state index < -0.39 is 5.91 Å². The zero-order valence-electron chi connectivity index (χ0n) is 15.0. The second kappa shape index (κ2) is 9.39. The van der Waals surface area contributed by atoms with E-state index in [0.29, 0.717) is 22.8 Å². The highest BCUT2D eigenvalue weighted by Gasteiger charge is 2.17. The van der Waals surface area contributed by atoms with Gasteiger partial charge in [-0.1, -0.05) is 18.2 Å². The summed E-state index contributed by atoms with van der Waals surface area (Å²) in [5.74, 6) is 0.129. The molecule has 0 unspecified atom stereocenters. The molecular weight excluding hydrogens is 370 g/mol. The number of hydrazine groups is 1. The molecule has 0 saturated heterocycles. The normalized spacial score (nSPS) is 9.74. The van der Waals surface area contributed by atoms with Gasteiger partial charge in [0, 0.05) is 11.1 Å². The van der Waals surface area contributed by atoms with Gasteiger partial charge in [-0.05, 0) is 36.5 Å². The Hall–Kier alpha value is -3.33. The second-order valence-electron chi connectivity index (χ2n) is 5.14. The second-order valence-corrected chi connectivity index (χ2v) is 5.55. The van der Waals surface area contributed by atoms with Crippen LogP contribution in [0, 0.1) is 0 Å². The van der Waals surface area contributed by atoms with Gasteiger partial charge in [-0.3, -0.25) is 25.8 Å². The predicted molar refractivity (Wildman–Crippen MR) is 103 cm³/mol. The van der Waals surface area contributed by atoms with Gasteiger partial charge in [0.25, 0.3) is 11.8 Å². The average Bonchev–Trinajstić information content (AvgIpc) is 2.71. The molecule has 2 aromatic carbocycles. The largest absolute Gasteiger partial charge is 0.493 e. The average molecular weight is 389 g/mol. The number of ether oxygens (including phenoxy) is 3. The zero-order valence-corrected chi connectivity index (χ0v) is 15.8. The Kier molecular flexibility index (Phi) is 6.95. The van der Waals surface area contributed by atoms with E-state index in [0.717, 1.165) is 0 Å². The molecule has 0 saturated carbocycles. The molecule has 0 spiro atoms. The van der Waals surface area contributed by atoms with Crippen molar-refractivity contribution >= 4 is 29.1 Å². The fourth-order valence-electron chi connectivity index (χ4n) is 2.19. The molecule has 0 aliphatic rings. The van der Waals surface area contributed by atoms with Crippen molar-refractivity contribution in [1.29, 1.82) is 0 Å². The quantitative estimate of drug-likeness (QED) is 0.528. The Balaban J connectivity index is 2.02. The lowest BCUT2D eigenvalue weighted by molar-refractivity contribution is 0.0934. The molecule has 0 atom stereocenters. The minimum absolute atomic E-state index is 0.0713. The number of methoxy groups -OCH3 is 3. The van der Waals surface area contributed by atoms with Crippen molar-refractivity contribution in [3.63, 3.8) is 0 Å². The van der Waals surface area contributed by atoms with Crippen LogP contribution in [-0.4, -0.2) is 38.3 Å². The van der Waals surface area contributed by atoms with Crippen LogP contribution >= 0.6 is 12.2 Å². The smallest absolute Gasteiger partial charge is 0.269 e. The molecule has 0 heterocycles. The van der Waals surface area contributed by atoms with Crippen LogP contribution in [0.2, 0.25) is 0 Å². The minimum Gasteiger partial charge on any atom is -0.493 e. The van der Waals surface area contributed by atoms with Crippen molar-refractivity contribution in [2.75, 3.05) is 21.3 Å². The standard InChI is InChI=1S/C18H19N3O5S/c1-24-13-9-12(10-14(25-2)15(13)26-3)16(22)19-18(27)21-20-17(23)11-7-5-4-6-8-11/h4-10H,1-3H3,(H,20,23)(H2,19,21,22,27). The summed E-state index contributed by atoms with van der Waals surface area (Å²) in [7, 11) is 4.36. The van der Waals surface area contributed by atoms with Crippen LogP contribution in [0.15, 0.2) is 42.5 Å². The van der Waals surface area contributed by atoms with E-state index >= 15 is 0 Å². The fraction of sp³-hybridized carbons (Fsp3) is 0.167. The van der Waals surface area contributed by atoms with E-state index in [9.17, 15) is 9.59 Å². The zero-order chi connectivity index (χ0) is 19.8. The van der Waals surface area contributed by atoms with Crippen LogP contribution in [-0.2, 0) is 0 Å². The van der Waals surface area contributed by atoms with E-state index in [4.69, 9.17) is 26.4 Å². The summed E-state index contributed by atoms with van der Waals surface area (Å²) in [6.45, 7) is 0. The topological polar surface area (TPSA) is 97.9 Å². The lowest BCUT2D eigenvalue weighted by Gasteiger charge is -2.15. The highest BCUT2D eigenvalue weighted by Crippen LogP contribution is 2.38. The van der Waals surface area contributed by atoms with Crippen molar-refractivity contribution in [2.45, 2.75) is 0 Å². The Morgan fingerprint density at radius 2 is 1.41 bits per heavy atom. The summed E-state index contributed by atoms with van der Waals surface area (Å²) < 4.78 is 15.6. The van der Waals surface area contributed by atoms with Crippen LogP contribution in [0.3, 0.4) is 0 Å². The van der Waals surface area contributed by atoms with Crippen molar-refractivity contribution in [3.05, 3.63) is 53.6 Å². The molecule has 2 rings (SSSR count). The van der Waals surface area contributed by atoms with Crippen molar-refractivity contribution in [1.82, 2.24) is 16.2 Å². The van der Waals surface area contributed by atoms with Crippen LogP contribution in [0.25, 0.3) is 0 Å². The fourth-order valence-corrected chi connectivity index (χ4v) is 2.34. The predicted octanol–water partition coefficient (Wildman–Crippen LogP) is 1.66. The van der Waals surface area contributed by atoms with Crippen LogP contribution < -0.4 is 30.4 Å². The highest BCUT2D eigenvalue weighted by atomic mass is 32.1. The minimum atomic E-state index is -0.513. The third-order valence-electron chi connectivity index (χ3n) is 3.48. The van der Waals surface area contributed by atoms with Gasteiger partial charge in [0.1, 0.15) is 0 Å². The first-order valence-corrected chi connectivity index (χ1v) is 8.17. The summed E-state index contributed by atoms with van der Waals surface area (Å²) in [4.78, 5) is 24.4. The molecule has 0 aromatic heterocycles. The number of nitrogens with one attached hydrogen (secondary N) is 3. The van der Waals surface area contributed by atoms with Gasteiger partial charge in [0.05, 0.1) is 21.3 Å². The van der Waals surface area contributed by atoms with Crippen molar-refractivity contribution < 1.29 is 23.8 Å². The van der Waals surface area contributed by atoms with Crippen LogP contribution in [0.1, 0.15) is 20.7 Å². The van der Waals surface area contributed by atoms with Gasteiger partial charge < -0.3 is 14.2 Å². The Labute approximate surface area is 161 Å². The molecule has 0 fully saturated rings. The molecular formula is C18H19N3O5S. The SMILES string of the molecule is COc1cc(C(=O)NC(=S)NNC(=O)c2ccccc2)cc(OC)c1OC. The number of amides is 2. The Morgan fingerprint density at radius 1 is 0.815 bits per heavy atom.